The SMILES string of the molecule is COc1ccc2cc(C3C(Cl)C(=O)N3c3cc(O)ccc3N=Nc3ccc(C)cc3)c(Cl)nc2c1. The third-order valence-corrected chi connectivity index (χ3v) is 6.61. The van der Waals surface area contributed by atoms with Crippen molar-refractivity contribution in [1.29, 1.82) is 0 Å². The van der Waals surface area contributed by atoms with Crippen LogP contribution in [0.3, 0.4) is 0 Å². The number of phenolic OH excluding ortho intramolecular Hbond substituents is 1. The number of β-lactam (4-membered cyclic amide) rings is 1. The number of carbonyl (C=O) groups is 1. The van der Waals surface area contributed by atoms with Gasteiger partial charge in [-0.2, -0.15) is 5.11 Å². The highest BCUT2D eigenvalue weighted by Gasteiger charge is 2.50. The quantitative estimate of drug-likeness (QED) is 0.136. The Morgan fingerprint density at radius 1 is 1.03 bits per heavy atom. The summed E-state index contributed by atoms with van der Waals surface area (Å²) in [6.45, 7) is 1.99. The average Bonchev–Trinajstić information content (AvgIpc) is 2.86. The second-order valence-corrected chi connectivity index (χ2v) is 9.02. The molecule has 35 heavy (non-hydrogen) atoms. The number of hydrogen-bond acceptors (Lipinski definition) is 6. The number of hydrogen-bond donors (Lipinski definition) is 1. The number of aryl methyl sites for hydroxylation is 1. The van der Waals surface area contributed by atoms with Gasteiger partial charge < -0.3 is 9.84 Å². The second kappa shape index (κ2) is 9.17. The number of alkyl halides is 1. The van der Waals surface area contributed by atoms with Crippen molar-refractivity contribution in [2.45, 2.75) is 18.3 Å². The van der Waals surface area contributed by atoms with Gasteiger partial charge in [0, 0.05) is 23.1 Å². The van der Waals surface area contributed by atoms with Gasteiger partial charge in [-0.25, -0.2) is 4.98 Å². The number of aromatic hydroxyl groups is 1. The fourth-order valence-corrected chi connectivity index (χ4v) is 4.62. The molecule has 1 aromatic heterocycles. The van der Waals surface area contributed by atoms with Crippen LogP contribution in [0.2, 0.25) is 5.15 Å². The highest BCUT2D eigenvalue weighted by molar-refractivity contribution is 6.38. The molecule has 0 bridgehead atoms. The minimum Gasteiger partial charge on any atom is -0.508 e. The highest BCUT2D eigenvalue weighted by Crippen LogP contribution is 2.48. The van der Waals surface area contributed by atoms with Crippen LogP contribution in [-0.4, -0.2) is 28.5 Å². The standard InChI is InChI=1S/C26H20Cl2N4O3/c1-14-3-6-16(7-4-14)30-31-20-10-8-17(33)12-22(20)32-24(23(27)26(32)34)19-11-15-5-9-18(35-2)13-21(15)29-25(19)28/h3-13,23-24,33H,1-2H3. The van der Waals surface area contributed by atoms with Crippen LogP contribution < -0.4 is 9.64 Å². The summed E-state index contributed by atoms with van der Waals surface area (Å²) in [5.74, 6) is 0.307. The minimum absolute atomic E-state index is 0.0197. The zero-order valence-corrected chi connectivity index (χ0v) is 20.3. The second-order valence-electron chi connectivity index (χ2n) is 8.19. The number of halogens is 2. The molecule has 1 fully saturated rings. The van der Waals surface area contributed by atoms with Gasteiger partial charge in [-0.1, -0.05) is 29.3 Å². The van der Waals surface area contributed by atoms with Crippen LogP contribution in [0.1, 0.15) is 17.2 Å². The number of phenols is 1. The summed E-state index contributed by atoms with van der Waals surface area (Å²) in [6.07, 6.45) is 0. The smallest absolute Gasteiger partial charge is 0.248 e. The Hall–Kier alpha value is -3.68. The normalized spacial score (nSPS) is 17.7. The zero-order valence-electron chi connectivity index (χ0n) is 18.8. The first-order valence-corrected chi connectivity index (χ1v) is 11.6. The molecule has 3 aromatic carbocycles. The number of amides is 1. The van der Waals surface area contributed by atoms with Crippen molar-refractivity contribution in [2.24, 2.45) is 10.2 Å². The van der Waals surface area contributed by atoms with Crippen molar-refractivity contribution in [3.63, 3.8) is 0 Å². The van der Waals surface area contributed by atoms with Crippen LogP contribution in [0, 0.1) is 6.92 Å². The number of ether oxygens (including phenoxy) is 1. The van der Waals surface area contributed by atoms with Crippen LogP contribution in [0.15, 0.2) is 77.0 Å². The summed E-state index contributed by atoms with van der Waals surface area (Å²) in [4.78, 5) is 18.9. The van der Waals surface area contributed by atoms with Crippen molar-refractivity contribution in [2.75, 3.05) is 12.0 Å². The molecule has 0 radical (unpaired) electrons. The molecule has 2 heterocycles. The Bertz CT molecular complexity index is 1470. The first-order chi connectivity index (χ1) is 16.9. The number of anilines is 1. The Kier molecular flexibility index (Phi) is 6.05. The van der Waals surface area contributed by atoms with E-state index < -0.39 is 11.4 Å². The van der Waals surface area contributed by atoms with Gasteiger partial charge in [-0.3, -0.25) is 9.69 Å². The molecule has 1 aliphatic rings. The lowest BCUT2D eigenvalue weighted by Crippen LogP contribution is -2.56. The van der Waals surface area contributed by atoms with Crippen molar-refractivity contribution in [1.82, 2.24) is 4.98 Å². The molecular weight excluding hydrogens is 487 g/mol. The number of methoxy groups -OCH3 is 1. The number of azo groups is 1. The van der Waals surface area contributed by atoms with Crippen LogP contribution in [0.5, 0.6) is 11.5 Å². The van der Waals surface area contributed by atoms with Crippen LogP contribution in [0.4, 0.5) is 17.1 Å². The number of carbonyl (C=O) groups excluding carboxylic acids is 1. The van der Waals surface area contributed by atoms with E-state index in [4.69, 9.17) is 27.9 Å². The van der Waals surface area contributed by atoms with Gasteiger partial charge >= 0.3 is 0 Å². The lowest BCUT2D eigenvalue weighted by molar-refractivity contribution is -0.123. The number of benzene rings is 3. The van der Waals surface area contributed by atoms with Gasteiger partial charge in [-0.15, -0.1) is 16.7 Å². The molecule has 2 atom stereocenters. The fourth-order valence-electron chi connectivity index (χ4n) is 4.01. The van der Waals surface area contributed by atoms with E-state index in [1.807, 2.05) is 49.4 Å². The minimum atomic E-state index is -0.853. The van der Waals surface area contributed by atoms with Crippen molar-refractivity contribution in [3.8, 4) is 11.5 Å². The predicted octanol–water partition coefficient (Wildman–Crippen LogP) is 7.02. The zero-order chi connectivity index (χ0) is 24.7. The molecule has 7 nitrogen and oxygen atoms in total. The molecule has 1 N–H and O–H groups in total. The number of fused-ring (bicyclic) bond motifs is 1. The topological polar surface area (TPSA) is 87.4 Å². The van der Waals surface area contributed by atoms with E-state index in [9.17, 15) is 9.90 Å². The van der Waals surface area contributed by atoms with Crippen molar-refractivity contribution < 1.29 is 14.6 Å². The Balaban J connectivity index is 1.56. The van der Waals surface area contributed by atoms with Crippen molar-refractivity contribution in [3.05, 3.63) is 83.0 Å². The molecule has 0 aliphatic carbocycles. The first kappa shape index (κ1) is 23.1. The van der Waals surface area contributed by atoms with Gasteiger partial charge in [0.1, 0.15) is 27.7 Å². The van der Waals surface area contributed by atoms with E-state index in [1.165, 1.54) is 17.0 Å². The van der Waals surface area contributed by atoms with E-state index in [0.29, 0.717) is 33.9 Å². The largest absolute Gasteiger partial charge is 0.508 e. The average molecular weight is 507 g/mol. The number of aromatic nitrogens is 1. The molecule has 1 aliphatic heterocycles. The molecule has 1 amide bonds. The molecule has 176 valence electrons. The van der Waals surface area contributed by atoms with Gasteiger partial charge in [0.15, 0.2) is 0 Å². The summed E-state index contributed by atoms with van der Waals surface area (Å²) < 4.78 is 5.26. The molecule has 9 heteroatoms. The van der Waals surface area contributed by atoms with Gasteiger partial charge in [0.05, 0.1) is 30.0 Å². The Labute approximate surface area is 211 Å². The number of pyridine rings is 1. The maximum atomic E-state index is 12.9. The molecule has 4 aromatic rings. The van der Waals surface area contributed by atoms with E-state index >= 15 is 0 Å². The first-order valence-electron chi connectivity index (χ1n) is 10.8. The molecule has 0 spiro atoms. The maximum Gasteiger partial charge on any atom is 0.248 e. The monoisotopic (exact) mass is 506 g/mol. The molecule has 2 unspecified atom stereocenters. The lowest BCUT2D eigenvalue weighted by atomic mass is 9.92. The summed E-state index contributed by atoms with van der Waals surface area (Å²) in [6, 6.07) is 18.8. The molecule has 1 saturated heterocycles. The van der Waals surface area contributed by atoms with E-state index in [-0.39, 0.29) is 16.8 Å². The van der Waals surface area contributed by atoms with Crippen LogP contribution in [-0.2, 0) is 4.79 Å². The molecule has 5 rings (SSSR count). The fraction of sp³-hybridized carbons (Fsp3) is 0.154. The highest BCUT2D eigenvalue weighted by atomic mass is 35.5. The Morgan fingerprint density at radius 2 is 1.80 bits per heavy atom. The summed E-state index contributed by atoms with van der Waals surface area (Å²) >= 11 is 13.0. The van der Waals surface area contributed by atoms with Crippen molar-refractivity contribution >= 4 is 57.1 Å². The van der Waals surface area contributed by atoms with Gasteiger partial charge in [0.25, 0.3) is 0 Å². The summed E-state index contributed by atoms with van der Waals surface area (Å²) in [7, 11) is 1.58. The third kappa shape index (κ3) is 4.29. The Morgan fingerprint density at radius 3 is 2.54 bits per heavy atom. The lowest BCUT2D eigenvalue weighted by Gasteiger charge is -2.44. The van der Waals surface area contributed by atoms with E-state index in [2.05, 4.69) is 15.2 Å². The van der Waals surface area contributed by atoms with Crippen LogP contribution >= 0.6 is 23.2 Å². The van der Waals surface area contributed by atoms with Crippen LogP contribution in [0.25, 0.3) is 10.9 Å². The maximum absolute atomic E-state index is 12.9. The number of rotatable bonds is 5. The predicted molar refractivity (Wildman–Crippen MR) is 137 cm³/mol. The van der Waals surface area contributed by atoms with Gasteiger partial charge in [-0.05, 0) is 49.4 Å². The summed E-state index contributed by atoms with van der Waals surface area (Å²) in [5, 5.41) is 19.0. The number of nitrogens with zero attached hydrogens (tertiary/aromatic N) is 4. The summed E-state index contributed by atoms with van der Waals surface area (Å²) in [5.41, 5.74) is 3.79. The van der Waals surface area contributed by atoms with E-state index in [0.717, 1.165) is 10.9 Å². The molecule has 0 saturated carbocycles. The molecular formula is C26H20Cl2N4O3. The van der Waals surface area contributed by atoms with E-state index in [1.54, 1.807) is 19.2 Å². The third-order valence-electron chi connectivity index (χ3n) is 5.88. The van der Waals surface area contributed by atoms with Gasteiger partial charge in [0.2, 0.25) is 5.91 Å².